The van der Waals surface area contributed by atoms with Crippen LogP contribution in [-0.2, 0) is 13.1 Å². The average molecular weight is 424 g/mol. The van der Waals surface area contributed by atoms with Crippen LogP contribution >= 0.6 is 0 Å². The number of nitrogens with zero attached hydrogens (tertiary/aromatic N) is 1. The number of furan rings is 1. The molecule has 0 radical (unpaired) electrons. The second kappa shape index (κ2) is 9.88. The zero-order valence-electron chi connectivity index (χ0n) is 17.3. The van der Waals surface area contributed by atoms with Crippen LogP contribution < -0.4 is 5.32 Å². The Kier molecular flexibility index (Phi) is 6.77. The van der Waals surface area contributed by atoms with Gasteiger partial charge in [-0.2, -0.15) is 0 Å². The van der Waals surface area contributed by atoms with Crippen molar-refractivity contribution in [1.82, 2.24) is 4.90 Å². The molecule has 31 heavy (non-hydrogen) atoms. The molecule has 0 atom stereocenters. The molecule has 1 aliphatic carbocycles. The van der Waals surface area contributed by atoms with Crippen LogP contribution in [0.4, 0.5) is 14.5 Å². The predicted molar refractivity (Wildman–Crippen MR) is 116 cm³/mol. The minimum Gasteiger partial charge on any atom is -0.455 e. The van der Waals surface area contributed by atoms with Gasteiger partial charge in [0.2, 0.25) is 0 Å². The Morgan fingerprint density at radius 2 is 1.52 bits per heavy atom. The van der Waals surface area contributed by atoms with Gasteiger partial charge < -0.3 is 9.73 Å². The smallest absolute Gasteiger partial charge is 0.291 e. The van der Waals surface area contributed by atoms with Gasteiger partial charge in [-0.1, -0.05) is 31.4 Å². The SMILES string of the molecule is O=C(Nc1ccc(F)cc1)c1ccc(CN(Cc2ccc(F)cc2)C2CCCCC2)o1. The minimum atomic E-state index is -0.374. The molecule has 1 saturated carbocycles. The first kappa shape index (κ1) is 21.2. The molecule has 2 aromatic carbocycles. The topological polar surface area (TPSA) is 45.5 Å². The summed E-state index contributed by atoms with van der Waals surface area (Å²) in [6.45, 7) is 1.27. The number of carbonyl (C=O) groups excluding carboxylic acids is 1. The molecule has 1 N–H and O–H groups in total. The van der Waals surface area contributed by atoms with Crippen molar-refractivity contribution in [3.8, 4) is 0 Å². The number of carbonyl (C=O) groups is 1. The number of hydrogen-bond donors (Lipinski definition) is 1. The Labute approximate surface area is 180 Å². The molecule has 6 heteroatoms. The van der Waals surface area contributed by atoms with Gasteiger partial charge in [-0.3, -0.25) is 9.69 Å². The van der Waals surface area contributed by atoms with E-state index < -0.39 is 0 Å². The Balaban J connectivity index is 1.45. The van der Waals surface area contributed by atoms with E-state index in [0.717, 1.165) is 18.4 Å². The van der Waals surface area contributed by atoms with Gasteiger partial charge in [-0.15, -0.1) is 0 Å². The summed E-state index contributed by atoms with van der Waals surface area (Å²) in [4.78, 5) is 14.8. The lowest BCUT2D eigenvalue weighted by Crippen LogP contribution is -2.35. The van der Waals surface area contributed by atoms with E-state index in [0.29, 0.717) is 30.6 Å². The molecule has 0 saturated heterocycles. The number of benzene rings is 2. The molecule has 1 heterocycles. The van der Waals surface area contributed by atoms with E-state index in [1.807, 2.05) is 18.2 Å². The Bertz CT molecular complexity index is 993. The fourth-order valence-corrected chi connectivity index (χ4v) is 4.10. The van der Waals surface area contributed by atoms with E-state index in [4.69, 9.17) is 4.42 Å². The summed E-state index contributed by atoms with van der Waals surface area (Å²) >= 11 is 0. The van der Waals surface area contributed by atoms with Crippen LogP contribution in [0.25, 0.3) is 0 Å². The number of rotatable bonds is 7. The number of anilines is 1. The van der Waals surface area contributed by atoms with Gasteiger partial charge in [-0.25, -0.2) is 8.78 Å². The normalized spacial score (nSPS) is 14.7. The van der Waals surface area contributed by atoms with Gasteiger partial charge in [0.1, 0.15) is 17.4 Å². The molecule has 1 amide bonds. The third-order valence-corrected chi connectivity index (χ3v) is 5.74. The Morgan fingerprint density at radius 3 is 2.19 bits per heavy atom. The van der Waals surface area contributed by atoms with Crippen LogP contribution in [0.5, 0.6) is 0 Å². The number of halogens is 2. The van der Waals surface area contributed by atoms with Crippen molar-refractivity contribution in [2.24, 2.45) is 0 Å². The highest BCUT2D eigenvalue weighted by Gasteiger charge is 2.23. The fraction of sp³-hybridized carbons (Fsp3) is 0.320. The fourth-order valence-electron chi connectivity index (χ4n) is 4.10. The molecule has 1 aliphatic rings. The van der Waals surface area contributed by atoms with E-state index in [-0.39, 0.29) is 23.3 Å². The van der Waals surface area contributed by atoms with Crippen molar-refractivity contribution in [3.05, 3.63) is 89.4 Å². The zero-order valence-corrected chi connectivity index (χ0v) is 17.3. The monoisotopic (exact) mass is 424 g/mol. The number of amides is 1. The van der Waals surface area contributed by atoms with Crippen molar-refractivity contribution in [2.75, 3.05) is 5.32 Å². The predicted octanol–water partition coefficient (Wildman–Crippen LogP) is 6.15. The molecule has 1 aromatic heterocycles. The maximum Gasteiger partial charge on any atom is 0.291 e. The Hall–Kier alpha value is -2.99. The third-order valence-electron chi connectivity index (χ3n) is 5.74. The van der Waals surface area contributed by atoms with Crippen LogP contribution in [0.2, 0.25) is 0 Å². The van der Waals surface area contributed by atoms with Crippen molar-refractivity contribution in [3.63, 3.8) is 0 Å². The molecular weight excluding hydrogens is 398 g/mol. The van der Waals surface area contributed by atoms with E-state index >= 15 is 0 Å². The lowest BCUT2D eigenvalue weighted by molar-refractivity contribution is 0.0985. The molecule has 0 aliphatic heterocycles. The van der Waals surface area contributed by atoms with E-state index in [1.165, 1.54) is 55.7 Å². The standard InChI is InChI=1S/C25H26F2N2O2/c26-19-8-6-18(7-9-19)16-29(22-4-2-1-3-5-22)17-23-14-15-24(31-23)25(30)28-21-12-10-20(27)11-13-21/h6-15,22H,1-5,16-17H2,(H,28,30). The highest BCUT2D eigenvalue weighted by atomic mass is 19.1. The Morgan fingerprint density at radius 1 is 0.871 bits per heavy atom. The van der Waals surface area contributed by atoms with Crippen molar-refractivity contribution >= 4 is 11.6 Å². The summed E-state index contributed by atoms with van der Waals surface area (Å²) < 4.78 is 32.2. The van der Waals surface area contributed by atoms with Crippen LogP contribution in [0.15, 0.2) is 65.1 Å². The molecule has 4 nitrogen and oxygen atoms in total. The molecule has 0 unspecified atom stereocenters. The summed E-state index contributed by atoms with van der Waals surface area (Å²) in [5, 5.41) is 2.71. The van der Waals surface area contributed by atoms with Crippen molar-refractivity contribution in [1.29, 1.82) is 0 Å². The van der Waals surface area contributed by atoms with Crippen molar-refractivity contribution < 1.29 is 18.0 Å². The number of hydrogen-bond acceptors (Lipinski definition) is 3. The van der Waals surface area contributed by atoms with Crippen molar-refractivity contribution in [2.45, 2.75) is 51.2 Å². The molecular formula is C25H26F2N2O2. The van der Waals surface area contributed by atoms with Crippen LogP contribution in [0.1, 0.15) is 54.0 Å². The average Bonchev–Trinajstić information content (AvgIpc) is 3.26. The van der Waals surface area contributed by atoms with E-state index in [1.54, 1.807) is 6.07 Å². The molecule has 0 bridgehead atoms. The van der Waals surface area contributed by atoms with Gasteiger partial charge in [-0.05, 0) is 66.9 Å². The molecule has 162 valence electrons. The zero-order chi connectivity index (χ0) is 21.6. The first-order valence-corrected chi connectivity index (χ1v) is 10.7. The molecule has 3 aromatic rings. The van der Waals surface area contributed by atoms with E-state index in [2.05, 4.69) is 10.2 Å². The summed E-state index contributed by atoms with van der Waals surface area (Å²) in [6.07, 6.45) is 5.91. The summed E-state index contributed by atoms with van der Waals surface area (Å²) in [5.41, 5.74) is 1.55. The molecule has 0 spiro atoms. The summed E-state index contributed by atoms with van der Waals surface area (Å²) in [6, 6.07) is 16.1. The number of nitrogens with one attached hydrogen (secondary N) is 1. The highest BCUT2D eigenvalue weighted by molar-refractivity contribution is 6.02. The lowest BCUT2D eigenvalue weighted by atomic mass is 9.93. The largest absolute Gasteiger partial charge is 0.455 e. The van der Waals surface area contributed by atoms with Gasteiger partial charge in [0.05, 0.1) is 6.54 Å². The quantitative estimate of drug-likeness (QED) is 0.495. The minimum absolute atomic E-state index is 0.213. The molecule has 4 rings (SSSR count). The van der Waals surface area contributed by atoms with Crippen LogP contribution in [0, 0.1) is 11.6 Å². The van der Waals surface area contributed by atoms with Crippen LogP contribution in [-0.4, -0.2) is 16.8 Å². The first-order valence-electron chi connectivity index (χ1n) is 10.7. The highest BCUT2D eigenvalue weighted by Crippen LogP contribution is 2.26. The summed E-state index contributed by atoms with van der Waals surface area (Å²) in [5.74, 6) is -0.0553. The van der Waals surface area contributed by atoms with Gasteiger partial charge in [0, 0.05) is 18.3 Å². The van der Waals surface area contributed by atoms with Gasteiger partial charge in [0.25, 0.3) is 5.91 Å². The van der Waals surface area contributed by atoms with Gasteiger partial charge >= 0.3 is 0 Å². The molecule has 1 fully saturated rings. The second-order valence-corrected chi connectivity index (χ2v) is 8.05. The second-order valence-electron chi connectivity index (χ2n) is 8.05. The lowest BCUT2D eigenvalue weighted by Gasteiger charge is -2.34. The van der Waals surface area contributed by atoms with Crippen LogP contribution in [0.3, 0.4) is 0 Å². The first-order chi connectivity index (χ1) is 15.1. The maximum atomic E-state index is 13.3. The van der Waals surface area contributed by atoms with E-state index in [9.17, 15) is 13.6 Å². The maximum absolute atomic E-state index is 13.3. The summed E-state index contributed by atoms with van der Waals surface area (Å²) in [7, 11) is 0. The third kappa shape index (κ3) is 5.79. The van der Waals surface area contributed by atoms with Gasteiger partial charge in [0.15, 0.2) is 5.76 Å².